The first-order chi connectivity index (χ1) is 14.9. The van der Waals surface area contributed by atoms with Crippen LogP contribution in [0.5, 0.6) is 17.2 Å². The normalized spacial score (nSPS) is 10.9. The van der Waals surface area contributed by atoms with Crippen molar-refractivity contribution >= 4 is 59.6 Å². The van der Waals surface area contributed by atoms with Crippen LogP contribution in [0, 0.1) is 0 Å². The van der Waals surface area contributed by atoms with Crippen LogP contribution in [0.3, 0.4) is 0 Å². The Morgan fingerprint density at radius 3 is 2.35 bits per heavy atom. The van der Waals surface area contributed by atoms with Crippen LogP contribution in [0.2, 0.25) is 0 Å². The van der Waals surface area contributed by atoms with Gasteiger partial charge >= 0.3 is 0 Å². The van der Waals surface area contributed by atoms with Crippen molar-refractivity contribution in [2.45, 2.75) is 6.61 Å². The quantitative estimate of drug-likeness (QED) is 0.196. The Balaban J connectivity index is 1.79. The molecule has 0 saturated heterocycles. The molecule has 4 nitrogen and oxygen atoms in total. The molecule has 0 aromatic heterocycles. The van der Waals surface area contributed by atoms with Gasteiger partial charge in [0, 0.05) is 15.6 Å². The average Bonchev–Trinajstić information content (AvgIpc) is 2.76. The second-order valence-corrected chi connectivity index (χ2v) is 9.11. The summed E-state index contributed by atoms with van der Waals surface area (Å²) in [5, 5.41) is 0. The number of hydrogen-bond acceptors (Lipinski definition) is 4. The first kappa shape index (κ1) is 23.6. The summed E-state index contributed by atoms with van der Waals surface area (Å²) >= 11 is 10.5. The molecule has 0 aliphatic rings. The van der Waals surface area contributed by atoms with Gasteiger partial charge in [-0.2, -0.15) is 0 Å². The number of halogens is 3. The Morgan fingerprint density at radius 2 is 1.68 bits per heavy atom. The van der Waals surface area contributed by atoms with E-state index in [-0.39, 0.29) is 5.78 Å². The third-order valence-corrected chi connectivity index (χ3v) is 6.06. The van der Waals surface area contributed by atoms with Crippen LogP contribution >= 0.6 is 47.8 Å². The summed E-state index contributed by atoms with van der Waals surface area (Å²) in [7, 11) is 3.19. The predicted molar refractivity (Wildman–Crippen MR) is 133 cm³/mol. The van der Waals surface area contributed by atoms with Crippen molar-refractivity contribution in [3.05, 3.63) is 90.8 Å². The third kappa shape index (κ3) is 6.21. The smallest absolute Gasteiger partial charge is 0.185 e. The van der Waals surface area contributed by atoms with Crippen molar-refractivity contribution in [2.75, 3.05) is 14.2 Å². The maximum absolute atomic E-state index is 12.5. The Kier molecular flexibility index (Phi) is 8.35. The zero-order valence-corrected chi connectivity index (χ0v) is 21.6. The van der Waals surface area contributed by atoms with Crippen molar-refractivity contribution in [1.82, 2.24) is 0 Å². The summed E-state index contributed by atoms with van der Waals surface area (Å²) in [4.78, 5) is 12.5. The fourth-order valence-corrected chi connectivity index (χ4v) is 5.36. The van der Waals surface area contributed by atoms with Crippen molar-refractivity contribution in [1.29, 1.82) is 0 Å². The van der Waals surface area contributed by atoms with Gasteiger partial charge in [0.05, 0.1) is 23.2 Å². The van der Waals surface area contributed by atoms with E-state index in [0.717, 1.165) is 24.5 Å². The van der Waals surface area contributed by atoms with Gasteiger partial charge < -0.3 is 14.2 Å². The summed E-state index contributed by atoms with van der Waals surface area (Å²) < 4.78 is 19.3. The predicted octanol–water partition coefficient (Wildman–Crippen LogP) is 7.47. The molecule has 0 heterocycles. The Bertz CT molecular complexity index is 1100. The highest BCUT2D eigenvalue weighted by atomic mass is 79.9. The molecule has 0 radical (unpaired) electrons. The van der Waals surface area contributed by atoms with Gasteiger partial charge in [0.2, 0.25) is 0 Å². The number of hydrogen-bond donors (Lipinski definition) is 0. The van der Waals surface area contributed by atoms with Gasteiger partial charge in [-0.15, -0.1) is 0 Å². The van der Waals surface area contributed by atoms with E-state index in [4.69, 9.17) is 14.2 Å². The summed E-state index contributed by atoms with van der Waals surface area (Å²) in [6.45, 7) is 0.299. The minimum absolute atomic E-state index is 0.102. The Labute approximate surface area is 206 Å². The zero-order valence-electron chi connectivity index (χ0n) is 16.8. The van der Waals surface area contributed by atoms with Crippen LogP contribution in [-0.2, 0) is 6.61 Å². The minimum Gasteiger partial charge on any atom is -0.497 e. The maximum Gasteiger partial charge on any atom is 0.185 e. The monoisotopic (exact) mass is 608 g/mol. The van der Waals surface area contributed by atoms with Crippen LogP contribution in [0.4, 0.5) is 0 Å². The second kappa shape index (κ2) is 11.0. The van der Waals surface area contributed by atoms with E-state index in [1.54, 1.807) is 50.6 Å². The second-order valence-electron chi connectivity index (χ2n) is 6.49. The third-order valence-electron chi connectivity index (χ3n) is 4.42. The van der Waals surface area contributed by atoms with Gasteiger partial charge in [-0.05, 0) is 79.9 Å². The van der Waals surface area contributed by atoms with E-state index in [9.17, 15) is 4.79 Å². The molecule has 0 unspecified atom stereocenters. The molecule has 3 rings (SSSR count). The molecule has 0 spiro atoms. The highest BCUT2D eigenvalue weighted by molar-refractivity contribution is 9.11. The minimum atomic E-state index is -0.102. The molecule has 0 saturated carbocycles. The Morgan fingerprint density at radius 1 is 0.935 bits per heavy atom. The van der Waals surface area contributed by atoms with Gasteiger partial charge in [0.25, 0.3) is 0 Å². The van der Waals surface area contributed by atoms with Gasteiger partial charge in [-0.3, -0.25) is 4.79 Å². The molecule has 0 bridgehead atoms. The fourth-order valence-electron chi connectivity index (χ4n) is 2.88. The fraction of sp³-hybridized carbons (Fsp3) is 0.125. The number of carbonyl (C=O) groups is 1. The van der Waals surface area contributed by atoms with E-state index in [2.05, 4.69) is 47.8 Å². The molecule has 3 aromatic rings. The molecular formula is C24H19Br3O4. The average molecular weight is 611 g/mol. The number of allylic oxidation sites excluding steroid dienone is 1. The van der Waals surface area contributed by atoms with Gasteiger partial charge in [0.15, 0.2) is 5.78 Å². The molecule has 31 heavy (non-hydrogen) atoms. The van der Waals surface area contributed by atoms with E-state index in [1.807, 2.05) is 30.3 Å². The first-order valence-electron chi connectivity index (χ1n) is 9.22. The van der Waals surface area contributed by atoms with E-state index in [1.165, 1.54) is 0 Å². The molecule has 0 aliphatic heterocycles. The summed E-state index contributed by atoms with van der Waals surface area (Å²) in [6, 6.07) is 16.6. The standard InChI is InChI=1S/C24H19Br3O4/c1-29-19-5-3-4-16(11-19)22(28)8-6-15-7-9-23(30-2)17(10-15)14-31-24-20(26)12-18(25)13-21(24)27/h3-13H,14H2,1-2H3/b8-6+. The summed E-state index contributed by atoms with van der Waals surface area (Å²) in [5.41, 5.74) is 2.29. The lowest BCUT2D eigenvalue weighted by molar-refractivity contribution is 0.104. The van der Waals surface area contributed by atoms with Crippen LogP contribution in [-0.4, -0.2) is 20.0 Å². The van der Waals surface area contributed by atoms with E-state index >= 15 is 0 Å². The van der Waals surface area contributed by atoms with Gasteiger partial charge in [-0.25, -0.2) is 0 Å². The number of rotatable bonds is 8. The molecule has 0 atom stereocenters. The molecule has 0 N–H and O–H groups in total. The maximum atomic E-state index is 12.5. The zero-order chi connectivity index (χ0) is 22.4. The number of methoxy groups -OCH3 is 2. The Hall–Kier alpha value is -2.09. The molecule has 3 aromatic carbocycles. The van der Waals surface area contributed by atoms with E-state index in [0.29, 0.717) is 29.4 Å². The van der Waals surface area contributed by atoms with Crippen molar-refractivity contribution < 1.29 is 19.0 Å². The number of ketones is 1. The number of ether oxygens (including phenoxy) is 3. The molecular weight excluding hydrogens is 592 g/mol. The number of benzene rings is 3. The highest BCUT2D eigenvalue weighted by Gasteiger charge is 2.11. The lowest BCUT2D eigenvalue weighted by Crippen LogP contribution is -2.00. The highest BCUT2D eigenvalue weighted by Crippen LogP contribution is 2.37. The van der Waals surface area contributed by atoms with Crippen LogP contribution in [0.15, 0.2) is 74.1 Å². The van der Waals surface area contributed by atoms with Gasteiger partial charge in [0.1, 0.15) is 23.9 Å². The lowest BCUT2D eigenvalue weighted by Gasteiger charge is -2.14. The van der Waals surface area contributed by atoms with Crippen LogP contribution < -0.4 is 14.2 Å². The molecule has 0 aliphatic carbocycles. The van der Waals surface area contributed by atoms with Crippen molar-refractivity contribution in [3.8, 4) is 17.2 Å². The molecule has 0 fully saturated rings. The first-order valence-corrected chi connectivity index (χ1v) is 11.6. The molecule has 160 valence electrons. The summed E-state index contributed by atoms with van der Waals surface area (Å²) in [6.07, 6.45) is 3.32. The number of carbonyl (C=O) groups excluding carboxylic acids is 1. The SMILES string of the molecule is COc1cccc(C(=O)/C=C/c2ccc(OC)c(COc3c(Br)cc(Br)cc3Br)c2)c1. The van der Waals surface area contributed by atoms with Crippen LogP contribution in [0.25, 0.3) is 6.08 Å². The van der Waals surface area contributed by atoms with Gasteiger partial charge in [-0.1, -0.05) is 40.2 Å². The molecule has 0 amide bonds. The van der Waals surface area contributed by atoms with Crippen molar-refractivity contribution in [3.63, 3.8) is 0 Å². The topological polar surface area (TPSA) is 44.8 Å². The molecule has 7 heteroatoms. The van der Waals surface area contributed by atoms with Crippen molar-refractivity contribution in [2.24, 2.45) is 0 Å². The lowest BCUT2D eigenvalue weighted by atomic mass is 10.1. The largest absolute Gasteiger partial charge is 0.497 e. The van der Waals surface area contributed by atoms with E-state index < -0.39 is 0 Å². The summed E-state index contributed by atoms with van der Waals surface area (Å²) in [5.74, 6) is 1.95. The van der Waals surface area contributed by atoms with Crippen LogP contribution in [0.1, 0.15) is 21.5 Å².